The van der Waals surface area contributed by atoms with Gasteiger partial charge in [-0.25, -0.2) is 0 Å². The van der Waals surface area contributed by atoms with Crippen molar-refractivity contribution in [2.45, 2.75) is 45.3 Å². The molecule has 1 aromatic rings. The molecule has 0 amide bonds. The maximum Gasteiger partial charge on any atom is 0.269 e. The van der Waals surface area contributed by atoms with E-state index < -0.39 is 10.5 Å². The van der Waals surface area contributed by atoms with Gasteiger partial charge in [0.2, 0.25) is 0 Å². The average molecular weight is 266 g/mol. The summed E-state index contributed by atoms with van der Waals surface area (Å²) in [5.74, 6) is 0. The number of benzene rings is 1. The number of nitrogens with one attached hydrogen (secondary N) is 1. The summed E-state index contributed by atoms with van der Waals surface area (Å²) in [6.07, 6.45) is 1.36. The Balaban J connectivity index is 2.70. The molecule has 1 rings (SSSR count). The minimum absolute atomic E-state index is 0.0375. The van der Waals surface area contributed by atoms with Crippen LogP contribution in [0.3, 0.4) is 0 Å². The highest BCUT2D eigenvalue weighted by Gasteiger charge is 2.22. The number of rotatable bonds is 7. The Bertz CT molecular complexity index is 430. The van der Waals surface area contributed by atoms with Crippen LogP contribution in [0, 0.1) is 10.1 Å². The largest absolute Gasteiger partial charge is 0.389 e. The van der Waals surface area contributed by atoms with Crippen molar-refractivity contribution in [3.05, 3.63) is 39.9 Å². The number of hydrogen-bond donors (Lipinski definition) is 2. The highest BCUT2D eigenvalue weighted by molar-refractivity contribution is 5.35. The fraction of sp³-hybridized carbons (Fsp3) is 0.571. The molecule has 0 aromatic heterocycles. The maximum atomic E-state index is 10.7. The number of non-ortho nitro benzene ring substituents is 1. The van der Waals surface area contributed by atoms with E-state index in [-0.39, 0.29) is 11.7 Å². The lowest BCUT2D eigenvalue weighted by molar-refractivity contribution is -0.384. The molecule has 5 nitrogen and oxygen atoms in total. The number of nitro benzene ring substituents is 1. The molecule has 19 heavy (non-hydrogen) atoms. The zero-order chi connectivity index (χ0) is 14.5. The van der Waals surface area contributed by atoms with Crippen molar-refractivity contribution in [3.63, 3.8) is 0 Å². The molecule has 0 aliphatic rings. The summed E-state index contributed by atoms with van der Waals surface area (Å²) in [7, 11) is 0. The molecular weight excluding hydrogens is 244 g/mol. The van der Waals surface area contributed by atoms with Crippen LogP contribution in [0.1, 0.15) is 45.2 Å². The summed E-state index contributed by atoms with van der Waals surface area (Å²) in [5, 5.41) is 24.2. The number of nitrogens with zero attached hydrogens (tertiary/aromatic N) is 1. The van der Waals surface area contributed by atoms with Gasteiger partial charge in [-0.15, -0.1) is 0 Å². The molecule has 1 unspecified atom stereocenters. The van der Waals surface area contributed by atoms with Crippen molar-refractivity contribution in [1.29, 1.82) is 0 Å². The Morgan fingerprint density at radius 2 is 2.05 bits per heavy atom. The molecule has 0 spiro atoms. The molecule has 0 fully saturated rings. The normalized spacial score (nSPS) is 13.3. The third-order valence-corrected chi connectivity index (χ3v) is 3.63. The van der Waals surface area contributed by atoms with E-state index in [4.69, 9.17) is 0 Å². The van der Waals surface area contributed by atoms with E-state index in [0.717, 1.165) is 5.56 Å². The van der Waals surface area contributed by atoms with Gasteiger partial charge in [-0.2, -0.15) is 0 Å². The first-order valence-electron chi connectivity index (χ1n) is 6.62. The molecule has 0 aliphatic heterocycles. The Morgan fingerprint density at radius 3 is 2.58 bits per heavy atom. The first-order valence-corrected chi connectivity index (χ1v) is 6.62. The van der Waals surface area contributed by atoms with E-state index in [1.54, 1.807) is 12.1 Å². The van der Waals surface area contributed by atoms with E-state index >= 15 is 0 Å². The predicted molar refractivity (Wildman–Crippen MR) is 75.0 cm³/mol. The van der Waals surface area contributed by atoms with Gasteiger partial charge in [0.05, 0.1) is 10.5 Å². The van der Waals surface area contributed by atoms with Gasteiger partial charge >= 0.3 is 0 Å². The smallest absolute Gasteiger partial charge is 0.269 e. The van der Waals surface area contributed by atoms with Crippen LogP contribution < -0.4 is 5.32 Å². The Labute approximate surface area is 113 Å². The summed E-state index contributed by atoms with van der Waals surface area (Å²) in [4.78, 5) is 10.3. The summed E-state index contributed by atoms with van der Waals surface area (Å²) < 4.78 is 0. The molecule has 106 valence electrons. The first kappa shape index (κ1) is 15.6. The molecule has 1 aromatic carbocycles. The molecule has 0 aliphatic carbocycles. The molecule has 1 atom stereocenters. The Morgan fingerprint density at radius 1 is 1.42 bits per heavy atom. The Kier molecular flexibility index (Phi) is 5.44. The number of aliphatic hydroxyl groups is 1. The Hall–Kier alpha value is -1.46. The zero-order valence-corrected chi connectivity index (χ0v) is 11.7. The van der Waals surface area contributed by atoms with E-state index in [2.05, 4.69) is 5.32 Å². The lowest BCUT2D eigenvalue weighted by Crippen LogP contribution is -2.40. The standard InChI is InChI=1S/C14H22N2O3/c1-4-14(17,5-2)10-15-11(3)12-7-6-8-13(9-12)16(18)19/h6-9,11,15,17H,4-5,10H2,1-3H3. The SMILES string of the molecule is CCC(O)(CC)CNC(C)c1cccc([N+](=O)[O-])c1. The van der Waals surface area contributed by atoms with Gasteiger partial charge in [-0.3, -0.25) is 10.1 Å². The summed E-state index contributed by atoms with van der Waals surface area (Å²) in [6, 6.07) is 6.53. The van der Waals surface area contributed by atoms with Crippen molar-refractivity contribution in [2.75, 3.05) is 6.54 Å². The molecule has 0 bridgehead atoms. The van der Waals surface area contributed by atoms with Crippen LogP contribution in [0.2, 0.25) is 0 Å². The second kappa shape index (κ2) is 6.63. The van der Waals surface area contributed by atoms with Gasteiger partial charge in [0.25, 0.3) is 5.69 Å². The second-order valence-corrected chi connectivity index (χ2v) is 4.89. The summed E-state index contributed by atoms with van der Waals surface area (Å²) in [5.41, 5.74) is 0.228. The molecule has 0 saturated carbocycles. The van der Waals surface area contributed by atoms with Crippen LogP contribution in [0.4, 0.5) is 5.69 Å². The van der Waals surface area contributed by atoms with E-state index in [1.807, 2.05) is 26.8 Å². The summed E-state index contributed by atoms with van der Waals surface area (Å²) >= 11 is 0. The average Bonchev–Trinajstić information content (AvgIpc) is 2.44. The van der Waals surface area contributed by atoms with Gasteiger partial charge in [-0.1, -0.05) is 26.0 Å². The highest BCUT2D eigenvalue weighted by Crippen LogP contribution is 2.20. The van der Waals surface area contributed by atoms with Crippen LogP contribution in [0.25, 0.3) is 0 Å². The van der Waals surface area contributed by atoms with E-state index in [0.29, 0.717) is 19.4 Å². The third-order valence-electron chi connectivity index (χ3n) is 3.63. The number of nitro groups is 1. The zero-order valence-electron chi connectivity index (χ0n) is 11.7. The van der Waals surface area contributed by atoms with Crippen molar-refractivity contribution in [1.82, 2.24) is 5.32 Å². The lowest BCUT2D eigenvalue weighted by atomic mass is 9.96. The van der Waals surface area contributed by atoms with Gasteiger partial charge in [0.15, 0.2) is 0 Å². The molecule has 5 heteroatoms. The molecule has 0 heterocycles. The highest BCUT2D eigenvalue weighted by atomic mass is 16.6. The van der Waals surface area contributed by atoms with Crippen molar-refractivity contribution in [2.24, 2.45) is 0 Å². The van der Waals surface area contributed by atoms with Crippen LogP contribution >= 0.6 is 0 Å². The lowest BCUT2D eigenvalue weighted by Gasteiger charge is -2.27. The maximum absolute atomic E-state index is 10.7. The van der Waals surface area contributed by atoms with Gasteiger partial charge in [-0.05, 0) is 25.3 Å². The van der Waals surface area contributed by atoms with E-state index in [1.165, 1.54) is 6.07 Å². The predicted octanol–water partition coefficient (Wildman–Crippen LogP) is 2.80. The van der Waals surface area contributed by atoms with Gasteiger partial charge in [0, 0.05) is 24.7 Å². The fourth-order valence-corrected chi connectivity index (χ4v) is 1.87. The van der Waals surface area contributed by atoms with Gasteiger partial charge in [0.1, 0.15) is 0 Å². The van der Waals surface area contributed by atoms with Crippen molar-refractivity contribution < 1.29 is 10.0 Å². The van der Waals surface area contributed by atoms with Gasteiger partial charge < -0.3 is 10.4 Å². The quantitative estimate of drug-likeness (QED) is 0.588. The molecule has 2 N–H and O–H groups in total. The second-order valence-electron chi connectivity index (χ2n) is 4.89. The van der Waals surface area contributed by atoms with Crippen LogP contribution in [-0.4, -0.2) is 22.2 Å². The summed E-state index contributed by atoms with van der Waals surface area (Å²) in [6.45, 7) is 6.31. The minimum atomic E-state index is -0.713. The number of hydrogen-bond acceptors (Lipinski definition) is 4. The van der Waals surface area contributed by atoms with E-state index in [9.17, 15) is 15.2 Å². The van der Waals surface area contributed by atoms with Crippen LogP contribution in [-0.2, 0) is 0 Å². The topological polar surface area (TPSA) is 75.4 Å². The van der Waals surface area contributed by atoms with Crippen LogP contribution in [0.15, 0.2) is 24.3 Å². The van der Waals surface area contributed by atoms with Crippen LogP contribution in [0.5, 0.6) is 0 Å². The van der Waals surface area contributed by atoms with Crippen molar-refractivity contribution in [3.8, 4) is 0 Å². The first-order chi connectivity index (χ1) is 8.91. The fourth-order valence-electron chi connectivity index (χ4n) is 1.87. The molecule has 0 radical (unpaired) electrons. The molecular formula is C14H22N2O3. The minimum Gasteiger partial charge on any atom is -0.389 e. The third kappa shape index (κ3) is 4.29. The molecule has 0 saturated heterocycles. The monoisotopic (exact) mass is 266 g/mol. The van der Waals surface area contributed by atoms with Crippen molar-refractivity contribution >= 4 is 5.69 Å².